The first kappa shape index (κ1) is 7.50. The molecule has 2 nitrogen and oxygen atoms in total. The summed E-state index contributed by atoms with van der Waals surface area (Å²) in [6.45, 7) is 6.73. The molecule has 0 saturated heterocycles. The lowest BCUT2D eigenvalue weighted by Gasteiger charge is -2.24. The molecule has 0 heterocycles. The van der Waals surface area contributed by atoms with Crippen molar-refractivity contribution in [2.75, 3.05) is 20.6 Å². The average molecular weight is 114 g/mol. The molecule has 0 rings (SSSR count). The number of hydrazine groups is 1. The van der Waals surface area contributed by atoms with Crippen LogP contribution in [0, 0.1) is 0 Å². The van der Waals surface area contributed by atoms with Crippen molar-refractivity contribution in [3.05, 3.63) is 12.8 Å². The van der Waals surface area contributed by atoms with E-state index in [0.29, 0.717) is 0 Å². The van der Waals surface area contributed by atoms with E-state index < -0.39 is 0 Å². The van der Waals surface area contributed by atoms with E-state index in [1.807, 2.05) is 19.1 Å². The highest BCUT2D eigenvalue weighted by Gasteiger charge is 1.92. The molecule has 0 amide bonds. The van der Waals surface area contributed by atoms with Crippen LogP contribution in [0.2, 0.25) is 0 Å². The summed E-state index contributed by atoms with van der Waals surface area (Å²) in [6, 6.07) is 0. The smallest absolute Gasteiger partial charge is 0.0227 e. The normalized spacial score (nSPS) is 9.50. The molecule has 0 radical (unpaired) electrons. The molecule has 0 aliphatic carbocycles. The minimum atomic E-state index is 1.02. The Labute approximate surface area is 51.4 Å². The summed E-state index contributed by atoms with van der Waals surface area (Å²) < 4.78 is 0. The fourth-order valence-electron chi connectivity index (χ4n) is 0.362. The van der Waals surface area contributed by atoms with Crippen LogP contribution in [0.15, 0.2) is 12.8 Å². The van der Waals surface area contributed by atoms with E-state index in [9.17, 15) is 0 Å². The quantitative estimate of drug-likeness (QED) is 0.503. The van der Waals surface area contributed by atoms with Gasteiger partial charge in [0.2, 0.25) is 0 Å². The third kappa shape index (κ3) is 1.98. The third-order valence-electron chi connectivity index (χ3n) is 1.26. The van der Waals surface area contributed by atoms with E-state index in [1.165, 1.54) is 0 Å². The number of rotatable bonds is 3. The number of hydrogen-bond acceptors (Lipinski definition) is 2. The summed E-state index contributed by atoms with van der Waals surface area (Å²) in [5, 5.41) is 4.01. The summed E-state index contributed by atoms with van der Waals surface area (Å²) in [7, 11) is 3.98. The van der Waals surface area contributed by atoms with E-state index in [4.69, 9.17) is 0 Å². The summed E-state index contributed by atoms with van der Waals surface area (Å²) in [5.41, 5.74) is 0. The molecule has 0 aromatic heterocycles. The SMILES string of the molecule is C=CN(C)N(C)CC. The minimum Gasteiger partial charge on any atom is -0.317 e. The summed E-state index contributed by atoms with van der Waals surface area (Å²) in [4.78, 5) is 0. The Kier molecular flexibility index (Phi) is 3.28. The van der Waals surface area contributed by atoms with Crippen LogP contribution in [0.1, 0.15) is 6.92 Å². The van der Waals surface area contributed by atoms with Crippen molar-refractivity contribution < 1.29 is 0 Å². The molecule has 8 heavy (non-hydrogen) atoms. The molecule has 0 N–H and O–H groups in total. The van der Waals surface area contributed by atoms with Crippen LogP contribution >= 0.6 is 0 Å². The second kappa shape index (κ2) is 3.50. The molecule has 0 fully saturated rings. The first-order chi connectivity index (χ1) is 3.72. The monoisotopic (exact) mass is 114 g/mol. The van der Waals surface area contributed by atoms with Gasteiger partial charge in [-0.05, 0) is 0 Å². The second-order valence-electron chi connectivity index (χ2n) is 1.73. The third-order valence-corrected chi connectivity index (χ3v) is 1.26. The van der Waals surface area contributed by atoms with E-state index >= 15 is 0 Å². The Morgan fingerprint density at radius 3 is 2.12 bits per heavy atom. The van der Waals surface area contributed by atoms with Crippen molar-refractivity contribution in [1.29, 1.82) is 0 Å². The van der Waals surface area contributed by atoms with Gasteiger partial charge in [0.1, 0.15) is 0 Å². The molecule has 0 aromatic carbocycles. The van der Waals surface area contributed by atoms with Crippen LogP contribution in [0.4, 0.5) is 0 Å². The van der Waals surface area contributed by atoms with Gasteiger partial charge >= 0.3 is 0 Å². The number of nitrogens with zero attached hydrogens (tertiary/aromatic N) is 2. The standard InChI is InChI=1S/C6H14N2/c1-5-7(3)8(4)6-2/h5H,1,6H2,2-4H3. The van der Waals surface area contributed by atoms with Crippen molar-refractivity contribution in [3.8, 4) is 0 Å². The molecular weight excluding hydrogens is 100 g/mol. The first-order valence-corrected chi connectivity index (χ1v) is 2.78. The minimum absolute atomic E-state index is 1.02. The average Bonchev–Trinajstić information content (AvgIpc) is 1.84. The molecule has 48 valence electrons. The molecule has 0 bridgehead atoms. The van der Waals surface area contributed by atoms with E-state index in [2.05, 4.69) is 18.5 Å². The molecule has 0 aliphatic rings. The topological polar surface area (TPSA) is 6.48 Å². The maximum atomic E-state index is 3.61. The summed E-state index contributed by atoms with van der Waals surface area (Å²) in [6.07, 6.45) is 1.78. The van der Waals surface area contributed by atoms with Crippen LogP contribution in [-0.4, -0.2) is 30.7 Å². The van der Waals surface area contributed by atoms with E-state index in [1.54, 1.807) is 6.20 Å². The maximum Gasteiger partial charge on any atom is 0.0227 e. The fourth-order valence-corrected chi connectivity index (χ4v) is 0.362. The predicted molar refractivity (Wildman–Crippen MR) is 36.3 cm³/mol. The van der Waals surface area contributed by atoms with Crippen molar-refractivity contribution >= 4 is 0 Å². The highest BCUT2D eigenvalue weighted by molar-refractivity contribution is 4.61. The lowest BCUT2D eigenvalue weighted by molar-refractivity contribution is 0.0880. The molecular formula is C6H14N2. The molecule has 0 spiro atoms. The zero-order chi connectivity index (χ0) is 6.57. The fraction of sp³-hybridized carbons (Fsp3) is 0.667. The van der Waals surface area contributed by atoms with E-state index in [0.717, 1.165) is 6.54 Å². The Balaban J connectivity index is 3.44. The van der Waals surface area contributed by atoms with Gasteiger partial charge in [-0.1, -0.05) is 13.5 Å². The van der Waals surface area contributed by atoms with Gasteiger partial charge in [-0.2, -0.15) is 0 Å². The highest BCUT2D eigenvalue weighted by atomic mass is 15.6. The van der Waals surface area contributed by atoms with Crippen molar-refractivity contribution in [2.24, 2.45) is 0 Å². The van der Waals surface area contributed by atoms with Gasteiger partial charge in [-0.25, -0.2) is 5.01 Å². The largest absolute Gasteiger partial charge is 0.317 e. The van der Waals surface area contributed by atoms with Gasteiger partial charge in [0.25, 0.3) is 0 Å². The zero-order valence-corrected chi connectivity index (χ0v) is 5.89. The molecule has 0 aromatic rings. The van der Waals surface area contributed by atoms with Crippen LogP contribution in [-0.2, 0) is 0 Å². The Hall–Kier alpha value is -0.500. The van der Waals surface area contributed by atoms with Crippen LogP contribution in [0.3, 0.4) is 0 Å². The van der Waals surface area contributed by atoms with Crippen LogP contribution in [0.5, 0.6) is 0 Å². The van der Waals surface area contributed by atoms with Gasteiger partial charge in [-0.15, -0.1) is 0 Å². The molecule has 0 atom stereocenters. The molecule has 0 aliphatic heterocycles. The molecule has 0 unspecified atom stereocenters. The Morgan fingerprint density at radius 1 is 1.50 bits per heavy atom. The van der Waals surface area contributed by atoms with Gasteiger partial charge in [0, 0.05) is 26.8 Å². The summed E-state index contributed by atoms with van der Waals surface area (Å²) in [5.74, 6) is 0. The Bertz CT molecular complexity index is 70.9. The Morgan fingerprint density at radius 2 is 2.00 bits per heavy atom. The van der Waals surface area contributed by atoms with Crippen LogP contribution < -0.4 is 0 Å². The van der Waals surface area contributed by atoms with Gasteiger partial charge < -0.3 is 5.01 Å². The lowest BCUT2D eigenvalue weighted by atomic mass is 10.7. The summed E-state index contributed by atoms with van der Waals surface area (Å²) >= 11 is 0. The predicted octanol–water partition coefficient (Wildman–Crippen LogP) is 0.928. The first-order valence-electron chi connectivity index (χ1n) is 2.78. The molecule has 2 heteroatoms. The highest BCUT2D eigenvalue weighted by Crippen LogP contribution is 1.86. The van der Waals surface area contributed by atoms with E-state index in [-0.39, 0.29) is 0 Å². The van der Waals surface area contributed by atoms with Crippen molar-refractivity contribution in [1.82, 2.24) is 10.0 Å². The maximum absolute atomic E-state index is 3.61. The second-order valence-corrected chi connectivity index (χ2v) is 1.73. The van der Waals surface area contributed by atoms with Crippen LogP contribution in [0.25, 0.3) is 0 Å². The molecule has 0 saturated carbocycles. The van der Waals surface area contributed by atoms with Crippen molar-refractivity contribution in [3.63, 3.8) is 0 Å². The number of hydrogen-bond donors (Lipinski definition) is 0. The zero-order valence-electron chi connectivity index (χ0n) is 5.89. The van der Waals surface area contributed by atoms with Gasteiger partial charge in [-0.3, -0.25) is 0 Å². The van der Waals surface area contributed by atoms with Gasteiger partial charge in [0.05, 0.1) is 0 Å². The van der Waals surface area contributed by atoms with Gasteiger partial charge in [0.15, 0.2) is 0 Å². The lowest BCUT2D eigenvalue weighted by Crippen LogP contribution is -2.31. The van der Waals surface area contributed by atoms with Crippen molar-refractivity contribution in [2.45, 2.75) is 6.92 Å².